The summed E-state index contributed by atoms with van der Waals surface area (Å²) in [6.07, 6.45) is 2.64. The average molecular weight is 264 g/mol. The van der Waals surface area contributed by atoms with Gasteiger partial charge in [-0.2, -0.15) is 0 Å². The van der Waals surface area contributed by atoms with Crippen LogP contribution >= 0.6 is 0 Å². The number of hydrogen-bond donors (Lipinski definition) is 1. The number of halogens is 1. The lowest BCUT2D eigenvalue weighted by molar-refractivity contribution is 0.179. The fourth-order valence-corrected chi connectivity index (χ4v) is 2.52. The largest absolute Gasteiger partial charge is 0.312 e. The highest BCUT2D eigenvalue weighted by molar-refractivity contribution is 5.16. The second kappa shape index (κ2) is 6.49. The molecule has 0 heterocycles. The van der Waals surface area contributed by atoms with E-state index in [0.717, 1.165) is 24.7 Å². The average Bonchev–Trinajstić information content (AvgIpc) is 3.12. The topological polar surface area (TPSA) is 15.3 Å². The number of nitrogens with one attached hydrogen (secondary N) is 1. The molecule has 0 aliphatic heterocycles. The maximum absolute atomic E-state index is 13.2. The molecule has 1 aromatic carbocycles. The third-order valence-electron chi connectivity index (χ3n) is 3.85. The minimum atomic E-state index is -0.150. The van der Waals surface area contributed by atoms with E-state index in [9.17, 15) is 4.39 Å². The van der Waals surface area contributed by atoms with E-state index < -0.39 is 0 Å². The van der Waals surface area contributed by atoms with Crippen LogP contribution in [0.2, 0.25) is 0 Å². The van der Waals surface area contributed by atoms with E-state index >= 15 is 0 Å². The van der Waals surface area contributed by atoms with Gasteiger partial charge in [0.25, 0.3) is 0 Å². The zero-order valence-electron chi connectivity index (χ0n) is 12.2. The molecule has 2 rings (SSSR count). The van der Waals surface area contributed by atoms with Gasteiger partial charge in [-0.3, -0.25) is 4.90 Å². The van der Waals surface area contributed by atoms with E-state index in [4.69, 9.17) is 0 Å². The lowest BCUT2D eigenvalue weighted by Gasteiger charge is -2.31. The van der Waals surface area contributed by atoms with Crippen LogP contribution in [0.4, 0.5) is 4.39 Å². The minimum Gasteiger partial charge on any atom is -0.312 e. The van der Waals surface area contributed by atoms with Crippen molar-refractivity contribution in [2.75, 3.05) is 13.6 Å². The van der Waals surface area contributed by atoms with Crippen LogP contribution < -0.4 is 5.32 Å². The summed E-state index contributed by atoms with van der Waals surface area (Å²) in [5.41, 5.74) is 1.04. The van der Waals surface area contributed by atoms with Crippen LogP contribution in [0.1, 0.15) is 32.3 Å². The fourth-order valence-electron chi connectivity index (χ4n) is 2.52. The molecule has 0 bridgehead atoms. The molecular formula is C16H25FN2. The van der Waals surface area contributed by atoms with Crippen LogP contribution in [-0.2, 0) is 6.54 Å². The van der Waals surface area contributed by atoms with Gasteiger partial charge in [-0.15, -0.1) is 0 Å². The first-order valence-corrected chi connectivity index (χ1v) is 7.24. The van der Waals surface area contributed by atoms with E-state index in [0.29, 0.717) is 12.0 Å². The van der Waals surface area contributed by atoms with E-state index in [2.05, 4.69) is 31.1 Å². The Hall–Kier alpha value is -0.930. The molecule has 3 heteroatoms. The SMILES string of the molecule is CC(C)C(CNC1CC1)N(C)Cc1cccc(F)c1. The van der Waals surface area contributed by atoms with Crippen molar-refractivity contribution in [1.82, 2.24) is 10.2 Å². The molecule has 0 saturated heterocycles. The first-order valence-electron chi connectivity index (χ1n) is 7.24. The molecule has 2 nitrogen and oxygen atoms in total. The number of nitrogens with zero attached hydrogens (tertiary/aromatic N) is 1. The molecule has 1 saturated carbocycles. The molecule has 1 unspecified atom stereocenters. The van der Waals surface area contributed by atoms with Crippen molar-refractivity contribution in [3.63, 3.8) is 0 Å². The molecule has 1 N–H and O–H groups in total. The van der Waals surface area contributed by atoms with Crippen LogP contribution in [-0.4, -0.2) is 30.6 Å². The summed E-state index contributed by atoms with van der Waals surface area (Å²) in [6.45, 7) is 6.32. The van der Waals surface area contributed by atoms with Gasteiger partial charge in [0.05, 0.1) is 0 Å². The van der Waals surface area contributed by atoms with Gasteiger partial charge in [-0.05, 0) is 43.5 Å². The summed E-state index contributed by atoms with van der Waals surface area (Å²) >= 11 is 0. The second-order valence-corrected chi connectivity index (χ2v) is 6.04. The predicted octanol–water partition coefficient (Wildman–Crippen LogP) is 3.03. The van der Waals surface area contributed by atoms with Crippen molar-refractivity contribution in [2.24, 2.45) is 5.92 Å². The van der Waals surface area contributed by atoms with E-state index in [-0.39, 0.29) is 5.82 Å². The molecule has 1 aliphatic carbocycles. The highest BCUT2D eigenvalue weighted by atomic mass is 19.1. The van der Waals surface area contributed by atoms with Crippen LogP contribution in [0.5, 0.6) is 0 Å². The Morgan fingerprint density at radius 2 is 2.11 bits per heavy atom. The summed E-state index contributed by atoms with van der Waals surface area (Å²) in [7, 11) is 2.13. The van der Waals surface area contributed by atoms with Gasteiger partial charge in [-0.25, -0.2) is 4.39 Å². The van der Waals surface area contributed by atoms with Crippen molar-refractivity contribution in [3.05, 3.63) is 35.6 Å². The smallest absolute Gasteiger partial charge is 0.123 e. The quantitative estimate of drug-likeness (QED) is 0.814. The van der Waals surface area contributed by atoms with Gasteiger partial charge >= 0.3 is 0 Å². The minimum absolute atomic E-state index is 0.150. The van der Waals surface area contributed by atoms with Crippen molar-refractivity contribution in [1.29, 1.82) is 0 Å². The number of hydrogen-bond acceptors (Lipinski definition) is 2. The normalized spacial score (nSPS) is 17.2. The van der Waals surface area contributed by atoms with Gasteiger partial charge in [0.1, 0.15) is 5.82 Å². The molecule has 0 amide bonds. The summed E-state index contributed by atoms with van der Waals surface area (Å²) in [5.74, 6) is 0.438. The highest BCUT2D eigenvalue weighted by Crippen LogP contribution is 2.20. The number of likely N-dealkylation sites (N-methyl/N-ethyl adjacent to an activating group) is 1. The molecule has 106 valence electrons. The molecule has 1 aliphatic rings. The summed E-state index contributed by atoms with van der Waals surface area (Å²) < 4.78 is 13.2. The Morgan fingerprint density at radius 1 is 1.37 bits per heavy atom. The maximum Gasteiger partial charge on any atom is 0.123 e. The first-order chi connectivity index (χ1) is 9.06. The van der Waals surface area contributed by atoms with Crippen molar-refractivity contribution in [3.8, 4) is 0 Å². The molecule has 1 atom stereocenters. The zero-order valence-corrected chi connectivity index (χ0v) is 12.2. The van der Waals surface area contributed by atoms with Gasteiger partial charge in [0, 0.05) is 25.2 Å². The Bertz CT molecular complexity index is 401. The Morgan fingerprint density at radius 3 is 2.68 bits per heavy atom. The third kappa shape index (κ3) is 4.59. The first kappa shape index (κ1) is 14.5. The standard InChI is InChI=1S/C16H25FN2/c1-12(2)16(10-18-15-7-8-15)19(3)11-13-5-4-6-14(17)9-13/h4-6,9,12,15-16,18H,7-8,10-11H2,1-3H3. The van der Waals surface area contributed by atoms with Crippen molar-refractivity contribution < 1.29 is 4.39 Å². The molecule has 1 aromatic rings. The summed E-state index contributed by atoms with van der Waals surface area (Å²) in [6, 6.07) is 8.13. The molecular weight excluding hydrogens is 239 g/mol. The highest BCUT2D eigenvalue weighted by Gasteiger charge is 2.24. The summed E-state index contributed by atoms with van der Waals surface area (Å²) in [5, 5.41) is 3.60. The number of rotatable bonds is 7. The fraction of sp³-hybridized carbons (Fsp3) is 0.625. The zero-order chi connectivity index (χ0) is 13.8. The van der Waals surface area contributed by atoms with Gasteiger partial charge in [0.15, 0.2) is 0 Å². The second-order valence-electron chi connectivity index (χ2n) is 6.04. The van der Waals surface area contributed by atoms with Gasteiger partial charge < -0.3 is 5.32 Å². The monoisotopic (exact) mass is 264 g/mol. The lowest BCUT2D eigenvalue weighted by Crippen LogP contribution is -2.43. The molecule has 1 fully saturated rings. The Kier molecular flexibility index (Phi) is 4.94. The summed E-state index contributed by atoms with van der Waals surface area (Å²) in [4.78, 5) is 2.33. The van der Waals surface area contributed by atoms with E-state index in [1.807, 2.05) is 6.07 Å². The number of benzene rings is 1. The van der Waals surface area contributed by atoms with E-state index in [1.165, 1.54) is 18.9 Å². The van der Waals surface area contributed by atoms with E-state index in [1.54, 1.807) is 12.1 Å². The van der Waals surface area contributed by atoms with Crippen LogP contribution in [0.3, 0.4) is 0 Å². The Labute approximate surface area is 116 Å². The maximum atomic E-state index is 13.2. The van der Waals surface area contributed by atoms with Crippen LogP contribution in [0.25, 0.3) is 0 Å². The van der Waals surface area contributed by atoms with Crippen molar-refractivity contribution in [2.45, 2.75) is 45.3 Å². The van der Waals surface area contributed by atoms with Gasteiger partial charge in [-0.1, -0.05) is 26.0 Å². The van der Waals surface area contributed by atoms with Crippen LogP contribution in [0.15, 0.2) is 24.3 Å². The van der Waals surface area contributed by atoms with Crippen LogP contribution in [0, 0.1) is 11.7 Å². The molecule has 0 radical (unpaired) electrons. The van der Waals surface area contributed by atoms with Gasteiger partial charge in [0.2, 0.25) is 0 Å². The molecule has 0 aromatic heterocycles. The van der Waals surface area contributed by atoms with Crippen molar-refractivity contribution >= 4 is 0 Å². The Balaban J connectivity index is 1.91. The molecule has 0 spiro atoms. The molecule has 19 heavy (non-hydrogen) atoms. The third-order valence-corrected chi connectivity index (χ3v) is 3.85. The predicted molar refractivity (Wildman–Crippen MR) is 77.5 cm³/mol. The lowest BCUT2D eigenvalue weighted by atomic mass is 10.0.